The Morgan fingerprint density at radius 1 is 1.15 bits per heavy atom. The number of benzene rings is 2. The number of ether oxygens (including phenoxy) is 1. The highest BCUT2D eigenvalue weighted by Gasteiger charge is 2.06. The van der Waals surface area contributed by atoms with E-state index in [1.165, 1.54) is 12.1 Å². The van der Waals surface area contributed by atoms with Crippen LogP contribution in [-0.2, 0) is 11.3 Å². The van der Waals surface area contributed by atoms with E-state index in [4.69, 9.17) is 4.74 Å². The number of aryl methyl sites for hydroxylation is 2. The molecule has 0 unspecified atom stereocenters. The molecule has 104 valence electrons. The van der Waals surface area contributed by atoms with Gasteiger partial charge < -0.3 is 4.74 Å². The van der Waals surface area contributed by atoms with Gasteiger partial charge in [-0.15, -0.1) is 0 Å². The molecule has 0 aliphatic rings. The minimum Gasteiger partial charge on any atom is -0.444 e. The van der Waals surface area contributed by atoms with Crippen molar-refractivity contribution in [3.05, 3.63) is 65.0 Å². The fourth-order valence-corrected chi connectivity index (χ4v) is 1.83. The summed E-state index contributed by atoms with van der Waals surface area (Å²) in [7, 11) is 0. The number of amides is 1. The predicted molar refractivity (Wildman–Crippen MR) is 76.1 cm³/mol. The topological polar surface area (TPSA) is 38.3 Å². The first-order valence-electron chi connectivity index (χ1n) is 6.30. The third kappa shape index (κ3) is 3.82. The molecule has 0 saturated carbocycles. The molecule has 4 heteroatoms. The molecular formula is C16H16FNO2. The van der Waals surface area contributed by atoms with Gasteiger partial charge in [-0.3, -0.25) is 5.32 Å². The van der Waals surface area contributed by atoms with Gasteiger partial charge in [-0.2, -0.15) is 0 Å². The van der Waals surface area contributed by atoms with Crippen molar-refractivity contribution in [1.82, 2.24) is 0 Å². The van der Waals surface area contributed by atoms with Crippen LogP contribution in [0.15, 0.2) is 42.5 Å². The molecule has 20 heavy (non-hydrogen) atoms. The minimum absolute atomic E-state index is 0.108. The smallest absolute Gasteiger partial charge is 0.411 e. The lowest BCUT2D eigenvalue weighted by Gasteiger charge is -2.10. The maximum atomic E-state index is 12.7. The van der Waals surface area contributed by atoms with Gasteiger partial charge in [-0.1, -0.05) is 29.8 Å². The van der Waals surface area contributed by atoms with E-state index in [0.717, 1.165) is 22.4 Å². The van der Waals surface area contributed by atoms with Crippen molar-refractivity contribution in [1.29, 1.82) is 0 Å². The SMILES string of the molecule is Cc1ccc(NC(=O)OCc2ccc(F)cc2)c(C)c1. The number of halogens is 1. The van der Waals surface area contributed by atoms with E-state index in [9.17, 15) is 9.18 Å². The van der Waals surface area contributed by atoms with Crippen LogP contribution in [0.5, 0.6) is 0 Å². The normalized spacial score (nSPS) is 10.2. The molecule has 1 N–H and O–H groups in total. The lowest BCUT2D eigenvalue weighted by Crippen LogP contribution is -2.14. The Balaban J connectivity index is 1.90. The number of carbonyl (C=O) groups is 1. The van der Waals surface area contributed by atoms with E-state index in [2.05, 4.69) is 5.32 Å². The first-order valence-corrected chi connectivity index (χ1v) is 6.30. The number of carbonyl (C=O) groups excluding carboxylic acids is 1. The number of hydrogen-bond acceptors (Lipinski definition) is 2. The minimum atomic E-state index is -0.527. The number of hydrogen-bond donors (Lipinski definition) is 1. The van der Waals surface area contributed by atoms with Crippen molar-refractivity contribution < 1.29 is 13.9 Å². The zero-order valence-corrected chi connectivity index (χ0v) is 11.4. The summed E-state index contributed by atoms with van der Waals surface area (Å²) in [5.74, 6) is -0.312. The van der Waals surface area contributed by atoms with Crippen LogP contribution < -0.4 is 5.32 Å². The molecule has 0 aliphatic carbocycles. The number of rotatable bonds is 3. The first kappa shape index (κ1) is 14.1. The lowest BCUT2D eigenvalue weighted by molar-refractivity contribution is 0.155. The summed E-state index contributed by atoms with van der Waals surface area (Å²) in [5, 5.41) is 2.68. The van der Waals surface area contributed by atoms with Crippen LogP contribution in [0.25, 0.3) is 0 Å². The zero-order chi connectivity index (χ0) is 14.5. The Hall–Kier alpha value is -2.36. The van der Waals surface area contributed by atoms with Crippen molar-refractivity contribution in [3.8, 4) is 0 Å². The first-order chi connectivity index (χ1) is 9.54. The number of anilines is 1. The third-order valence-corrected chi connectivity index (χ3v) is 2.90. The highest BCUT2D eigenvalue weighted by molar-refractivity contribution is 5.85. The maximum Gasteiger partial charge on any atom is 0.411 e. The van der Waals surface area contributed by atoms with Gasteiger partial charge in [0.05, 0.1) is 0 Å². The van der Waals surface area contributed by atoms with Gasteiger partial charge >= 0.3 is 6.09 Å². The van der Waals surface area contributed by atoms with Crippen LogP contribution in [0.2, 0.25) is 0 Å². The van der Waals surface area contributed by atoms with Gasteiger partial charge in [0, 0.05) is 5.69 Å². The van der Waals surface area contributed by atoms with Crippen molar-refractivity contribution in [3.63, 3.8) is 0 Å². The van der Waals surface area contributed by atoms with Crippen LogP contribution >= 0.6 is 0 Å². The van der Waals surface area contributed by atoms with E-state index in [-0.39, 0.29) is 12.4 Å². The summed E-state index contributed by atoms with van der Waals surface area (Å²) >= 11 is 0. The van der Waals surface area contributed by atoms with E-state index < -0.39 is 6.09 Å². The Morgan fingerprint density at radius 2 is 1.85 bits per heavy atom. The molecule has 3 nitrogen and oxygen atoms in total. The summed E-state index contributed by atoms with van der Waals surface area (Å²) in [4.78, 5) is 11.7. The van der Waals surface area contributed by atoms with Crippen molar-refractivity contribution in [2.45, 2.75) is 20.5 Å². The van der Waals surface area contributed by atoms with Gasteiger partial charge in [-0.05, 0) is 43.2 Å². The van der Waals surface area contributed by atoms with Gasteiger partial charge in [0.1, 0.15) is 12.4 Å². The molecule has 0 aromatic heterocycles. The van der Waals surface area contributed by atoms with Gasteiger partial charge in [0.25, 0.3) is 0 Å². The summed E-state index contributed by atoms with van der Waals surface area (Å²) in [5.41, 5.74) is 3.57. The summed E-state index contributed by atoms with van der Waals surface area (Å²) < 4.78 is 17.8. The fraction of sp³-hybridized carbons (Fsp3) is 0.188. The molecule has 2 rings (SSSR count). The highest BCUT2D eigenvalue weighted by Crippen LogP contribution is 2.16. The van der Waals surface area contributed by atoms with Crippen LogP contribution in [0.1, 0.15) is 16.7 Å². The molecule has 0 radical (unpaired) electrons. The molecular weight excluding hydrogens is 257 g/mol. The standard InChI is InChI=1S/C16H16FNO2/c1-11-3-8-15(12(2)9-11)18-16(19)20-10-13-4-6-14(17)7-5-13/h3-9H,10H2,1-2H3,(H,18,19). The zero-order valence-electron chi connectivity index (χ0n) is 11.4. The van der Waals surface area contributed by atoms with Gasteiger partial charge in [0.15, 0.2) is 0 Å². The third-order valence-electron chi connectivity index (χ3n) is 2.90. The molecule has 0 saturated heterocycles. The monoisotopic (exact) mass is 273 g/mol. The Kier molecular flexibility index (Phi) is 4.35. The van der Waals surface area contributed by atoms with E-state index in [0.29, 0.717) is 0 Å². The molecule has 0 heterocycles. The molecule has 0 atom stereocenters. The van der Waals surface area contributed by atoms with Crippen molar-refractivity contribution in [2.75, 3.05) is 5.32 Å². The molecule has 0 spiro atoms. The molecule has 2 aromatic carbocycles. The predicted octanol–water partition coefficient (Wildman–Crippen LogP) is 4.19. The molecule has 0 aliphatic heterocycles. The average Bonchev–Trinajstić information content (AvgIpc) is 2.41. The van der Waals surface area contributed by atoms with E-state index in [1.54, 1.807) is 12.1 Å². The summed E-state index contributed by atoms with van der Waals surface area (Å²) in [6, 6.07) is 11.6. The van der Waals surface area contributed by atoms with Crippen LogP contribution in [0.3, 0.4) is 0 Å². The summed E-state index contributed by atoms with van der Waals surface area (Å²) in [6.07, 6.45) is -0.527. The fourth-order valence-electron chi connectivity index (χ4n) is 1.83. The quantitative estimate of drug-likeness (QED) is 0.910. The van der Waals surface area contributed by atoms with Gasteiger partial charge in [0.2, 0.25) is 0 Å². The van der Waals surface area contributed by atoms with Crippen LogP contribution in [0.4, 0.5) is 14.9 Å². The molecule has 0 bridgehead atoms. The van der Waals surface area contributed by atoms with E-state index in [1.807, 2.05) is 32.0 Å². The number of nitrogens with one attached hydrogen (secondary N) is 1. The lowest BCUT2D eigenvalue weighted by atomic mass is 10.1. The maximum absolute atomic E-state index is 12.7. The van der Waals surface area contributed by atoms with Crippen LogP contribution in [-0.4, -0.2) is 6.09 Å². The van der Waals surface area contributed by atoms with Crippen LogP contribution in [0, 0.1) is 19.7 Å². The van der Waals surface area contributed by atoms with Crippen molar-refractivity contribution in [2.24, 2.45) is 0 Å². The second-order valence-electron chi connectivity index (χ2n) is 4.65. The second kappa shape index (κ2) is 6.19. The summed E-state index contributed by atoms with van der Waals surface area (Å²) in [6.45, 7) is 4.02. The molecule has 0 fully saturated rings. The Bertz CT molecular complexity index is 608. The molecule has 1 amide bonds. The molecule has 2 aromatic rings. The second-order valence-corrected chi connectivity index (χ2v) is 4.65. The van der Waals surface area contributed by atoms with E-state index >= 15 is 0 Å². The van der Waals surface area contributed by atoms with Crippen molar-refractivity contribution >= 4 is 11.8 Å². The Labute approximate surface area is 117 Å². The Morgan fingerprint density at radius 3 is 2.50 bits per heavy atom. The largest absolute Gasteiger partial charge is 0.444 e. The average molecular weight is 273 g/mol. The van der Waals surface area contributed by atoms with Gasteiger partial charge in [-0.25, -0.2) is 9.18 Å². The highest BCUT2D eigenvalue weighted by atomic mass is 19.1.